The lowest BCUT2D eigenvalue weighted by molar-refractivity contribution is 0.0145. The van der Waals surface area contributed by atoms with Crippen molar-refractivity contribution in [2.75, 3.05) is 52.7 Å². The van der Waals surface area contributed by atoms with Gasteiger partial charge in [0.25, 0.3) is 0 Å². The number of ether oxygens (including phenoxy) is 4. The molecule has 0 unspecified atom stereocenters. The summed E-state index contributed by atoms with van der Waals surface area (Å²) < 4.78 is 33.2. The molecule has 38 heavy (non-hydrogen) atoms. The molecule has 0 aliphatic rings. The van der Waals surface area contributed by atoms with Gasteiger partial charge in [0, 0.05) is 47.6 Å². The molecule has 0 aliphatic heterocycles. The zero-order chi connectivity index (χ0) is 27.7. The lowest BCUT2D eigenvalue weighted by Crippen LogP contribution is -2.34. The summed E-state index contributed by atoms with van der Waals surface area (Å²) in [4.78, 5) is 23.3. The first-order valence-electron chi connectivity index (χ1n) is 12.9. The Hall–Kier alpha value is -2.92. The van der Waals surface area contributed by atoms with Crippen LogP contribution in [-0.2, 0) is 25.5 Å². The summed E-state index contributed by atoms with van der Waals surface area (Å²) in [5.74, 6) is 0.836. The van der Waals surface area contributed by atoms with Crippen molar-refractivity contribution in [2.24, 2.45) is 0 Å². The highest BCUT2D eigenvalue weighted by atomic mass is 16.6. The predicted molar refractivity (Wildman–Crippen MR) is 145 cm³/mol. The molecule has 1 aromatic carbocycles. The van der Waals surface area contributed by atoms with Crippen LogP contribution in [0.3, 0.4) is 0 Å². The van der Waals surface area contributed by atoms with E-state index in [2.05, 4.69) is 10.6 Å². The van der Waals surface area contributed by atoms with Crippen LogP contribution in [0.5, 0.6) is 0 Å². The highest BCUT2D eigenvalue weighted by Gasteiger charge is 2.18. The van der Waals surface area contributed by atoms with E-state index in [1.54, 1.807) is 0 Å². The van der Waals surface area contributed by atoms with Crippen molar-refractivity contribution in [1.29, 1.82) is 0 Å². The molecule has 0 aliphatic carbocycles. The molecule has 10 heteroatoms. The minimum Gasteiger partial charge on any atom is -0.461 e. The number of amides is 1. The molecule has 3 aromatic rings. The molecule has 1 amide bonds. The van der Waals surface area contributed by atoms with E-state index in [1.807, 2.05) is 47.6 Å². The molecule has 210 valence electrons. The van der Waals surface area contributed by atoms with Crippen LogP contribution in [0.1, 0.15) is 43.2 Å². The number of carbonyl (C=O) groups is 1. The second-order valence-corrected chi connectivity index (χ2v) is 10.1. The predicted octanol–water partition coefficient (Wildman–Crippen LogP) is 4.13. The van der Waals surface area contributed by atoms with Crippen LogP contribution < -0.4 is 16.3 Å². The van der Waals surface area contributed by atoms with E-state index >= 15 is 0 Å². The first kappa shape index (κ1) is 29.6. The Balaban J connectivity index is 1.28. The van der Waals surface area contributed by atoms with Crippen molar-refractivity contribution in [3.8, 4) is 0 Å². The van der Waals surface area contributed by atoms with Crippen LogP contribution >= 0.6 is 0 Å². The highest BCUT2D eigenvalue weighted by molar-refractivity contribution is 5.99. The summed E-state index contributed by atoms with van der Waals surface area (Å²) in [7, 11) is 0. The van der Waals surface area contributed by atoms with Gasteiger partial charge in [-0.2, -0.15) is 0 Å². The maximum atomic E-state index is 11.8. The molecule has 2 heterocycles. The average Bonchev–Trinajstić information content (AvgIpc) is 3.14. The largest absolute Gasteiger partial charge is 0.461 e. The molecular weight excluding hydrogens is 492 g/mol. The SMILES string of the molecule is Cc1oc2c(C)c3oc(=O)cc(C)c3cc2c1CNCCOCCOCCOCCNC(=O)OC(C)(C)C. The van der Waals surface area contributed by atoms with Gasteiger partial charge in [-0.15, -0.1) is 0 Å². The van der Waals surface area contributed by atoms with Gasteiger partial charge in [-0.25, -0.2) is 9.59 Å². The van der Waals surface area contributed by atoms with E-state index in [-0.39, 0.29) is 5.63 Å². The number of furan rings is 1. The van der Waals surface area contributed by atoms with Crippen molar-refractivity contribution in [1.82, 2.24) is 10.6 Å². The fourth-order valence-electron chi connectivity index (χ4n) is 4.01. The lowest BCUT2D eigenvalue weighted by Gasteiger charge is -2.19. The molecule has 0 fully saturated rings. The summed E-state index contributed by atoms with van der Waals surface area (Å²) in [5, 5.41) is 7.98. The maximum absolute atomic E-state index is 11.8. The van der Waals surface area contributed by atoms with Crippen LogP contribution in [0, 0.1) is 20.8 Å². The van der Waals surface area contributed by atoms with Crippen molar-refractivity contribution < 1.29 is 32.6 Å². The third-order valence-electron chi connectivity index (χ3n) is 5.81. The second-order valence-electron chi connectivity index (χ2n) is 10.1. The molecule has 0 saturated carbocycles. The van der Waals surface area contributed by atoms with Gasteiger partial charge in [0.05, 0.1) is 39.6 Å². The normalized spacial score (nSPS) is 11.9. The van der Waals surface area contributed by atoms with E-state index in [0.717, 1.165) is 38.8 Å². The molecule has 0 saturated heterocycles. The van der Waals surface area contributed by atoms with Gasteiger partial charge in [0.2, 0.25) is 0 Å². The molecule has 0 spiro atoms. The Labute approximate surface area is 222 Å². The van der Waals surface area contributed by atoms with E-state index in [0.29, 0.717) is 64.9 Å². The number of aryl methyl sites for hydroxylation is 3. The monoisotopic (exact) mass is 532 g/mol. The standard InChI is InChI=1S/C28H40N2O8/c1-18-15-24(31)37-25-19(2)26-22(16-21(18)25)23(20(3)36-26)17-29-7-9-33-11-13-35-14-12-34-10-8-30-27(32)38-28(4,5)6/h15-16,29H,7-14,17H2,1-6H3,(H,30,32). The molecular formula is C28H40N2O8. The number of benzene rings is 1. The van der Waals surface area contributed by atoms with Gasteiger partial charge in [-0.3, -0.25) is 0 Å². The fourth-order valence-corrected chi connectivity index (χ4v) is 4.01. The van der Waals surface area contributed by atoms with Gasteiger partial charge in [0.1, 0.15) is 22.5 Å². The first-order chi connectivity index (χ1) is 18.1. The van der Waals surface area contributed by atoms with Crippen molar-refractivity contribution in [3.63, 3.8) is 0 Å². The molecule has 0 atom stereocenters. The van der Waals surface area contributed by atoms with E-state index < -0.39 is 11.7 Å². The third kappa shape index (κ3) is 8.56. The molecule has 3 rings (SSSR count). The fraction of sp³-hybridized carbons (Fsp3) is 0.571. The Morgan fingerprint density at radius 2 is 1.45 bits per heavy atom. The number of hydrogen-bond acceptors (Lipinski definition) is 9. The topological polar surface area (TPSA) is 121 Å². The summed E-state index contributed by atoms with van der Waals surface area (Å²) in [6.07, 6.45) is -0.452. The van der Waals surface area contributed by atoms with Gasteiger partial charge in [-0.05, 0) is 53.2 Å². The third-order valence-corrected chi connectivity index (χ3v) is 5.81. The van der Waals surface area contributed by atoms with Crippen LogP contribution in [0.4, 0.5) is 4.79 Å². The van der Waals surface area contributed by atoms with E-state index in [9.17, 15) is 9.59 Å². The quantitative estimate of drug-likeness (QED) is 0.233. The van der Waals surface area contributed by atoms with Crippen LogP contribution in [0.2, 0.25) is 0 Å². The zero-order valence-electron chi connectivity index (χ0n) is 23.3. The van der Waals surface area contributed by atoms with Gasteiger partial charge in [0.15, 0.2) is 0 Å². The minimum absolute atomic E-state index is 0.356. The Bertz CT molecular complexity index is 1270. The number of fused-ring (bicyclic) bond motifs is 2. The molecule has 0 radical (unpaired) electrons. The summed E-state index contributed by atoms with van der Waals surface area (Å²) >= 11 is 0. The number of hydrogen-bond donors (Lipinski definition) is 2. The van der Waals surface area contributed by atoms with Gasteiger partial charge in [-0.1, -0.05) is 0 Å². The Kier molecular flexibility index (Phi) is 10.7. The van der Waals surface area contributed by atoms with Crippen molar-refractivity contribution in [2.45, 2.75) is 53.7 Å². The molecule has 2 aromatic heterocycles. The average molecular weight is 533 g/mol. The maximum Gasteiger partial charge on any atom is 0.407 e. The number of nitrogens with one attached hydrogen (secondary N) is 2. The number of rotatable bonds is 14. The Morgan fingerprint density at radius 3 is 2.11 bits per heavy atom. The molecule has 2 N–H and O–H groups in total. The summed E-state index contributed by atoms with van der Waals surface area (Å²) in [5.41, 5.74) is 3.26. The lowest BCUT2D eigenvalue weighted by atomic mass is 10.0. The van der Waals surface area contributed by atoms with E-state index in [1.165, 1.54) is 6.07 Å². The smallest absolute Gasteiger partial charge is 0.407 e. The highest BCUT2D eigenvalue weighted by Crippen LogP contribution is 2.34. The van der Waals surface area contributed by atoms with Crippen molar-refractivity contribution in [3.05, 3.63) is 45.0 Å². The summed E-state index contributed by atoms with van der Waals surface area (Å²) in [6.45, 7) is 15.7. The Morgan fingerprint density at radius 1 is 0.842 bits per heavy atom. The second kappa shape index (κ2) is 13.7. The number of carbonyl (C=O) groups excluding carboxylic acids is 1. The van der Waals surface area contributed by atoms with E-state index in [4.69, 9.17) is 27.8 Å². The van der Waals surface area contributed by atoms with Gasteiger partial charge < -0.3 is 38.4 Å². The first-order valence-corrected chi connectivity index (χ1v) is 12.9. The zero-order valence-corrected chi connectivity index (χ0v) is 23.3. The minimum atomic E-state index is -0.513. The van der Waals surface area contributed by atoms with Crippen molar-refractivity contribution >= 4 is 28.0 Å². The van der Waals surface area contributed by atoms with Crippen LogP contribution in [0.25, 0.3) is 21.9 Å². The summed E-state index contributed by atoms with van der Waals surface area (Å²) in [6, 6.07) is 3.55. The van der Waals surface area contributed by atoms with Gasteiger partial charge >= 0.3 is 11.7 Å². The van der Waals surface area contributed by atoms with Crippen LogP contribution in [0.15, 0.2) is 25.8 Å². The number of alkyl carbamates (subject to hydrolysis) is 1. The molecule has 10 nitrogen and oxygen atoms in total. The molecule has 0 bridgehead atoms. The van der Waals surface area contributed by atoms with Crippen LogP contribution in [-0.4, -0.2) is 64.4 Å².